The van der Waals surface area contributed by atoms with E-state index in [0.29, 0.717) is 34.3 Å². The Kier molecular flexibility index (Phi) is 5.63. The Balaban J connectivity index is 1.56. The number of nitrogens with zero attached hydrogens (tertiary/aromatic N) is 2. The maximum Gasteiger partial charge on any atom is 0.228 e. The maximum atomic E-state index is 14.6. The van der Waals surface area contributed by atoms with Crippen LogP contribution in [0.1, 0.15) is 12.8 Å². The van der Waals surface area contributed by atoms with E-state index in [9.17, 15) is 18.0 Å². The Morgan fingerprint density at radius 1 is 1.06 bits per heavy atom. The fraction of sp³-hybridized carbons (Fsp3) is 0.259. The lowest BCUT2D eigenvalue weighted by molar-refractivity contribution is -0.120. The number of halogens is 3. The molecular formula is C27H24F3N3O. The number of para-hydroxylation sites is 1. The van der Waals surface area contributed by atoms with E-state index in [1.54, 1.807) is 18.2 Å². The van der Waals surface area contributed by atoms with Crippen LogP contribution >= 0.6 is 0 Å². The summed E-state index contributed by atoms with van der Waals surface area (Å²) in [7, 11) is 3.67. The summed E-state index contributed by atoms with van der Waals surface area (Å²) in [6.07, 6.45) is 11.6. The van der Waals surface area contributed by atoms with Gasteiger partial charge < -0.3 is 10.2 Å². The molecule has 1 aromatic heterocycles. The van der Waals surface area contributed by atoms with Crippen molar-refractivity contribution in [3.8, 4) is 11.1 Å². The van der Waals surface area contributed by atoms with Crippen LogP contribution < -0.4 is 10.2 Å². The van der Waals surface area contributed by atoms with E-state index < -0.39 is 17.5 Å². The molecule has 1 saturated carbocycles. The third kappa shape index (κ3) is 3.75. The van der Waals surface area contributed by atoms with Crippen LogP contribution in [0.15, 0.2) is 60.8 Å². The SMILES string of the molecule is CN(C)c1c(NC(=O)[C@@H]2CCC3C=CC=CC32)cnc2c(-c3cc(F)cc(F)c3F)cccc12. The third-order valence-corrected chi connectivity index (χ3v) is 6.77. The fourth-order valence-corrected chi connectivity index (χ4v) is 5.24. The van der Waals surface area contributed by atoms with Crippen molar-refractivity contribution in [2.24, 2.45) is 17.8 Å². The lowest BCUT2D eigenvalue weighted by Crippen LogP contribution is -2.28. The van der Waals surface area contributed by atoms with Gasteiger partial charge in [0.2, 0.25) is 5.91 Å². The van der Waals surface area contributed by atoms with Gasteiger partial charge in [-0.05, 0) is 30.7 Å². The van der Waals surface area contributed by atoms with Gasteiger partial charge in [-0.25, -0.2) is 13.2 Å². The molecule has 174 valence electrons. The zero-order valence-corrected chi connectivity index (χ0v) is 18.9. The Morgan fingerprint density at radius 2 is 1.85 bits per heavy atom. The normalized spacial score (nSPS) is 21.0. The number of pyridine rings is 1. The van der Waals surface area contributed by atoms with Crippen molar-refractivity contribution in [1.82, 2.24) is 4.98 Å². The van der Waals surface area contributed by atoms with Crippen LogP contribution in [0.5, 0.6) is 0 Å². The Hall–Kier alpha value is -3.61. The zero-order valence-electron chi connectivity index (χ0n) is 18.9. The van der Waals surface area contributed by atoms with Gasteiger partial charge in [0.25, 0.3) is 0 Å². The number of anilines is 2. The maximum absolute atomic E-state index is 14.6. The number of benzene rings is 2. The molecule has 5 rings (SSSR count). The molecule has 0 aliphatic heterocycles. The number of carbonyl (C=O) groups is 1. The second-order valence-electron chi connectivity index (χ2n) is 9.05. The molecule has 4 nitrogen and oxygen atoms in total. The van der Waals surface area contributed by atoms with Gasteiger partial charge in [-0.2, -0.15) is 0 Å². The first kappa shape index (κ1) is 22.2. The highest BCUT2D eigenvalue weighted by Gasteiger charge is 2.38. The number of fused-ring (bicyclic) bond motifs is 2. The van der Waals surface area contributed by atoms with E-state index in [-0.39, 0.29) is 28.9 Å². The summed E-state index contributed by atoms with van der Waals surface area (Å²) in [4.78, 5) is 19.6. The molecule has 34 heavy (non-hydrogen) atoms. The van der Waals surface area contributed by atoms with Crippen molar-refractivity contribution in [3.05, 3.63) is 78.3 Å². The van der Waals surface area contributed by atoms with Gasteiger partial charge in [0, 0.05) is 42.6 Å². The zero-order chi connectivity index (χ0) is 24.0. The van der Waals surface area contributed by atoms with Crippen molar-refractivity contribution >= 4 is 28.2 Å². The van der Waals surface area contributed by atoms with Crippen LogP contribution in [0.3, 0.4) is 0 Å². The summed E-state index contributed by atoms with van der Waals surface area (Å²) in [6.45, 7) is 0. The number of aromatic nitrogens is 1. The summed E-state index contributed by atoms with van der Waals surface area (Å²) < 4.78 is 42.4. The molecule has 0 radical (unpaired) electrons. The second kappa shape index (κ2) is 8.63. The lowest BCUT2D eigenvalue weighted by Gasteiger charge is -2.24. The smallest absolute Gasteiger partial charge is 0.228 e. The number of carbonyl (C=O) groups excluding carboxylic acids is 1. The first-order valence-corrected chi connectivity index (χ1v) is 11.2. The molecule has 0 spiro atoms. The minimum absolute atomic E-state index is 0.0638. The summed E-state index contributed by atoms with van der Waals surface area (Å²) in [5.74, 6) is -2.90. The topological polar surface area (TPSA) is 45.2 Å². The summed E-state index contributed by atoms with van der Waals surface area (Å²) in [6, 6.07) is 6.53. The average molecular weight is 464 g/mol. The minimum Gasteiger partial charge on any atom is -0.375 e. The largest absolute Gasteiger partial charge is 0.375 e. The molecule has 2 aromatic carbocycles. The van der Waals surface area contributed by atoms with Gasteiger partial charge >= 0.3 is 0 Å². The first-order chi connectivity index (χ1) is 16.3. The van der Waals surface area contributed by atoms with E-state index >= 15 is 0 Å². The number of rotatable bonds is 4. The van der Waals surface area contributed by atoms with Crippen LogP contribution in [0.2, 0.25) is 0 Å². The van der Waals surface area contributed by atoms with Crippen molar-refractivity contribution in [2.75, 3.05) is 24.3 Å². The van der Waals surface area contributed by atoms with Crippen molar-refractivity contribution in [3.63, 3.8) is 0 Å². The number of amides is 1. The molecule has 1 N–H and O–H groups in total. The highest BCUT2D eigenvalue weighted by molar-refractivity contribution is 6.07. The minimum atomic E-state index is -1.26. The van der Waals surface area contributed by atoms with E-state index in [4.69, 9.17) is 0 Å². The van der Waals surface area contributed by atoms with Gasteiger partial charge in [0.1, 0.15) is 5.82 Å². The molecule has 7 heteroatoms. The number of hydrogen-bond donors (Lipinski definition) is 1. The van der Waals surface area contributed by atoms with Gasteiger partial charge in [-0.3, -0.25) is 9.78 Å². The number of nitrogens with one attached hydrogen (secondary N) is 1. The van der Waals surface area contributed by atoms with E-state index in [2.05, 4.69) is 22.5 Å². The van der Waals surface area contributed by atoms with Gasteiger partial charge in [0.15, 0.2) is 11.6 Å². The average Bonchev–Trinajstić information content (AvgIpc) is 3.25. The van der Waals surface area contributed by atoms with Crippen LogP contribution in [0.25, 0.3) is 22.0 Å². The predicted molar refractivity (Wildman–Crippen MR) is 128 cm³/mol. The molecule has 0 bridgehead atoms. The molecule has 1 amide bonds. The molecule has 2 aliphatic rings. The third-order valence-electron chi connectivity index (χ3n) is 6.77. The van der Waals surface area contributed by atoms with E-state index in [1.165, 1.54) is 6.20 Å². The van der Waals surface area contributed by atoms with Gasteiger partial charge in [-0.1, -0.05) is 42.5 Å². The Morgan fingerprint density at radius 3 is 2.65 bits per heavy atom. The van der Waals surface area contributed by atoms with E-state index in [0.717, 1.165) is 18.9 Å². The lowest BCUT2D eigenvalue weighted by atomic mass is 9.86. The monoisotopic (exact) mass is 463 g/mol. The molecular weight excluding hydrogens is 439 g/mol. The predicted octanol–water partition coefficient (Wildman–Crippen LogP) is 6.09. The van der Waals surface area contributed by atoms with Crippen molar-refractivity contribution in [1.29, 1.82) is 0 Å². The molecule has 1 fully saturated rings. The van der Waals surface area contributed by atoms with Crippen LogP contribution in [-0.2, 0) is 4.79 Å². The molecule has 3 aromatic rings. The van der Waals surface area contributed by atoms with Gasteiger partial charge in [-0.15, -0.1) is 0 Å². The molecule has 0 saturated heterocycles. The molecule has 1 heterocycles. The molecule has 2 aliphatic carbocycles. The van der Waals surface area contributed by atoms with Crippen LogP contribution in [-0.4, -0.2) is 25.0 Å². The highest BCUT2D eigenvalue weighted by atomic mass is 19.2. The van der Waals surface area contributed by atoms with E-state index in [1.807, 2.05) is 31.1 Å². The summed E-state index contributed by atoms with van der Waals surface area (Å²) in [5.41, 5.74) is 1.67. The second-order valence-corrected chi connectivity index (χ2v) is 9.05. The number of hydrogen-bond acceptors (Lipinski definition) is 3. The quantitative estimate of drug-likeness (QED) is 0.476. The standard InChI is InChI=1S/C27H24F3N3O/c1-33(2)26-20-9-5-8-18(21-12-16(28)13-22(29)24(21)30)25(20)31-14-23(26)32-27(34)19-11-10-15-6-3-4-7-17(15)19/h3-9,12-15,17,19H,10-11H2,1-2H3,(H,32,34)/t15?,17?,19-/m1/s1. The molecule has 3 atom stereocenters. The Bertz CT molecular complexity index is 1350. The Labute approximate surface area is 195 Å². The van der Waals surface area contributed by atoms with Crippen LogP contribution in [0, 0.1) is 35.2 Å². The first-order valence-electron chi connectivity index (χ1n) is 11.2. The summed E-state index contributed by atoms with van der Waals surface area (Å²) in [5, 5.41) is 3.69. The molecule has 2 unspecified atom stereocenters. The van der Waals surface area contributed by atoms with Gasteiger partial charge in [0.05, 0.1) is 23.1 Å². The van der Waals surface area contributed by atoms with Crippen molar-refractivity contribution < 1.29 is 18.0 Å². The van der Waals surface area contributed by atoms with Crippen molar-refractivity contribution in [2.45, 2.75) is 12.8 Å². The highest BCUT2D eigenvalue weighted by Crippen LogP contribution is 2.42. The summed E-state index contributed by atoms with van der Waals surface area (Å²) >= 11 is 0. The van der Waals surface area contributed by atoms with Crippen LogP contribution in [0.4, 0.5) is 24.5 Å². The number of allylic oxidation sites excluding steroid dienone is 4. The fourth-order valence-electron chi connectivity index (χ4n) is 5.24.